The van der Waals surface area contributed by atoms with Gasteiger partial charge in [-0.25, -0.2) is 4.98 Å². The number of carbonyl (C=O) groups excluding carboxylic acids is 1. The predicted octanol–water partition coefficient (Wildman–Crippen LogP) is 3.76. The van der Waals surface area contributed by atoms with E-state index < -0.39 is 0 Å². The molecule has 0 saturated carbocycles. The van der Waals surface area contributed by atoms with E-state index in [0.717, 1.165) is 6.42 Å². The molecular formula is C20H29N3O2. The van der Waals surface area contributed by atoms with Crippen molar-refractivity contribution in [1.29, 1.82) is 0 Å². The van der Waals surface area contributed by atoms with Gasteiger partial charge < -0.3 is 4.90 Å². The van der Waals surface area contributed by atoms with Crippen LogP contribution >= 0.6 is 0 Å². The molecular weight excluding hydrogens is 314 g/mol. The fourth-order valence-corrected chi connectivity index (χ4v) is 3.08. The van der Waals surface area contributed by atoms with Crippen LogP contribution in [0.5, 0.6) is 0 Å². The van der Waals surface area contributed by atoms with Gasteiger partial charge in [-0.3, -0.25) is 14.2 Å². The number of para-hydroxylation sites is 1. The van der Waals surface area contributed by atoms with Crippen LogP contribution in [-0.4, -0.2) is 26.9 Å². The second kappa shape index (κ2) is 8.28. The summed E-state index contributed by atoms with van der Waals surface area (Å²) in [7, 11) is 0. The van der Waals surface area contributed by atoms with Crippen LogP contribution in [0.3, 0.4) is 0 Å². The zero-order valence-corrected chi connectivity index (χ0v) is 16.0. The Morgan fingerprint density at radius 2 is 1.88 bits per heavy atom. The van der Waals surface area contributed by atoms with Crippen LogP contribution in [0.15, 0.2) is 29.1 Å². The van der Waals surface area contributed by atoms with Gasteiger partial charge >= 0.3 is 0 Å². The molecule has 2 aromatic rings. The molecule has 1 heterocycles. The number of nitrogens with zero attached hydrogens (tertiary/aromatic N) is 3. The first kappa shape index (κ1) is 19.2. The topological polar surface area (TPSA) is 55.2 Å². The largest absolute Gasteiger partial charge is 0.333 e. The average Bonchev–Trinajstić information content (AvgIpc) is 2.61. The molecule has 0 aliphatic carbocycles. The van der Waals surface area contributed by atoms with E-state index in [1.165, 1.54) is 0 Å². The highest BCUT2D eigenvalue weighted by Gasteiger charge is 2.24. The molecule has 0 aliphatic rings. The maximum atomic E-state index is 12.8. The van der Waals surface area contributed by atoms with Crippen LogP contribution in [0.4, 0.5) is 0 Å². The van der Waals surface area contributed by atoms with Gasteiger partial charge in [-0.15, -0.1) is 0 Å². The molecule has 2 rings (SSSR count). The normalized spacial score (nSPS) is 12.6. The zero-order chi connectivity index (χ0) is 18.6. The van der Waals surface area contributed by atoms with Crippen molar-refractivity contribution in [3.05, 3.63) is 40.4 Å². The quantitative estimate of drug-likeness (QED) is 0.769. The minimum atomic E-state index is -0.233. The van der Waals surface area contributed by atoms with Crippen molar-refractivity contribution in [2.45, 2.75) is 60.0 Å². The summed E-state index contributed by atoms with van der Waals surface area (Å²) in [5, 5.41) is 0.621. The SMILES string of the molecule is CCC(=O)N(CCC(C)C)C(C)c1nc2ccccc2c(=O)n1CC. The van der Waals surface area contributed by atoms with Crippen molar-refractivity contribution in [3.8, 4) is 0 Å². The minimum Gasteiger partial charge on any atom is -0.333 e. The molecule has 1 unspecified atom stereocenters. The summed E-state index contributed by atoms with van der Waals surface area (Å²) in [6.07, 6.45) is 1.38. The molecule has 1 aromatic carbocycles. The van der Waals surface area contributed by atoms with E-state index in [4.69, 9.17) is 4.98 Å². The standard InChI is InChI=1S/C20H29N3O2/c1-6-18(24)23(13-12-14(3)4)15(5)19-21-17-11-9-8-10-16(17)20(25)22(19)7-2/h8-11,14-15H,6-7,12-13H2,1-5H3. The van der Waals surface area contributed by atoms with Crippen molar-refractivity contribution in [1.82, 2.24) is 14.5 Å². The van der Waals surface area contributed by atoms with E-state index in [2.05, 4.69) is 13.8 Å². The van der Waals surface area contributed by atoms with Gasteiger partial charge in [-0.05, 0) is 38.3 Å². The van der Waals surface area contributed by atoms with E-state index in [1.54, 1.807) is 10.6 Å². The number of carbonyl (C=O) groups is 1. The summed E-state index contributed by atoms with van der Waals surface area (Å²) in [5.41, 5.74) is 0.648. The molecule has 5 heteroatoms. The summed E-state index contributed by atoms with van der Waals surface area (Å²) in [5.74, 6) is 1.27. The van der Waals surface area contributed by atoms with E-state index in [9.17, 15) is 9.59 Å². The number of hydrogen-bond donors (Lipinski definition) is 0. The highest BCUT2D eigenvalue weighted by Crippen LogP contribution is 2.22. The Morgan fingerprint density at radius 3 is 2.48 bits per heavy atom. The van der Waals surface area contributed by atoms with E-state index >= 15 is 0 Å². The third kappa shape index (κ3) is 4.09. The third-order valence-electron chi connectivity index (χ3n) is 4.62. The lowest BCUT2D eigenvalue weighted by Gasteiger charge is -2.30. The first-order valence-electron chi connectivity index (χ1n) is 9.19. The molecule has 0 bridgehead atoms. The number of fused-ring (bicyclic) bond motifs is 1. The molecule has 0 saturated heterocycles. The van der Waals surface area contributed by atoms with Crippen LogP contribution in [0.25, 0.3) is 10.9 Å². The van der Waals surface area contributed by atoms with Crippen LogP contribution in [-0.2, 0) is 11.3 Å². The Kier molecular flexibility index (Phi) is 6.34. The van der Waals surface area contributed by atoms with Gasteiger partial charge in [0.1, 0.15) is 5.82 Å². The molecule has 1 aromatic heterocycles. The molecule has 1 amide bonds. The highest BCUT2D eigenvalue weighted by atomic mass is 16.2. The van der Waals surface area contributed by atoms with Gasteiger partial charge in [0, 0.05) is 19.5 Å². The van der Waals surface area contributed by atoms with Crippen molar-refractivity contribution in [2.24, 2.45) is 5.92 Å². The Balaban J connectivity index is 2.53. The summed E-state index contributed by atoms with van der Waals surface area (Å²) in [6, 6.07) is 7.16. The fourth-order valence-electron chi connectivity index (χ4n) is 3.08. The number of hydrogen-bond acceptors (Lipinski definition) is 3. The lowest BCUT2D eigenvalue weighted by Crippen LogP contribution is -2.38. The van der Waals surface area contributed by atoms with E-state index in [-0.39, 0.29) is 17.5 Å². The lowest BCUT2D eigenvalue weighted by atomic mass is 10.1. The first-order chi connectivity index (χ1) is 11.9. The van der Waals surface area contributed by atoms with Gasteiger partial charge in [-0.1, -0.05) is 32.9 Å². The van der Waals surface area contributed by atoms with Crippen LogP contribution in [0.2, 0.25) is 0 Å². The van der Waals surface area contributed by atoms with E-state index in [1.807, 2.05) is 43.9 Å². The molecule has 1 atom stereocenters. The molecule has 0 N–H and O–H groups in total. The van der Waals surface area contributed by atoms with Crippen LogP contribution in [0.1, 0.15) is 59.3 Å². The molecule has 136 valence electrons. The molecule has 0 spiro atoms. The van der Waals surface area contributed by atoms with Gasteiger partial charge in [0.15, 0.2) is 0 Å². The summed E-state index contributed by atoms with van der Waals surface area (Å²) >= 11 is 0. The van der Waals surface area contributed by atoms with E-state index in [0.29, 0.717) is 42.2 Å². The number of amides is 1. The van der Waals surface area contributed by atoms with Crippen LogP contribution in [0, 0.1) is 5.92 Å². The predicted molar refractivity (Wildman–Crippen MR) is 102 cm³/mol. The third-order valence-corrected chi connectivity index (χ3v) is 4.62. The lowest BCUT2D eigenvalue weighted by molar-refractivity contribution is -0.133. The number of rotatable bonds is 7. The molecule has 0 radical (unpaired) electrons. The Bertz CT molecular complexity index is 795. The van der Waals surface area contributed by atoms with Gasteiger partial charge in [0.25, 0.3) is 5.56 Å². The highest BCUT2D eigenvalue weighted by molar-refractivity contribution is 5.78. The van der Waals surface area contributed by atoms with Gasteiger partial charge in [0.05, 0.1) is 16.9 Å². The molecule has 5 nitrogen and oxygen atoms in total. The van der Waals surface area contributed by atoms with Gasteiger partial charge in [0.2, 0.25) is 5.91 Å². The second-order valence-electron chi connectivity index (χ2n) is 6.84. The molecule has 25 heavy (non-hydrogen) atoms. The van der Waals surface area contributed by atoms with Crippen molar-refractivity contribution in [2.75, 3.05) is 6.54 Å². The second-order valence-corrected chi connectivity index (χ2v) is 6.84. The maximum absolute atomic E-state index is 12.8. The van der Waals surface area contributed by atoms with Crippen LogP contribution < -0.4 is 5.56 Å². The maximum Gasteiger partial charge on any atom is 0.261 e. The zero-order valence-electron chi connectivity index (χ0n) is 16.0. The van der Waals surface area contributed by atoms with Crippen molar-refractivity contribution >= 4 is 16.8 Å². The Morgan fingerprint density at radius 1 is 1.20 bits per heavy atom. The average molecular weight is 343 g/mol. The smallest absolute Gasteiger partial charge is 0.261 e. The monoisotopic (exact) mass is 343 g/mol. The molecule has 0 fully saturated rings. The minimum absolute atomic E-state index is 0.0392. The number of benzene rings is 1. The Hall–Kier alpha value is -2.17. The Labute approximate surface area is 149 Å². The first-order valence-corrected chi connectivity index (χ1v) is 9.19. The fraction of sp³-hybridized carbons (Fsp3) is 0.550. The van der Waals surface area contributed by atoms with Crippen molar-refractivity contribution in [3.63, 3.8) is 0 Å². The summed E-state index contributed by atoms with van der Waals surface area (Å²) in [6.45, 7) is 11.3. The van der Waals surface area contributed by atoms with Crippen molar-refractivity contribution < 1.29 is 4.79 Å². The molecule has 0 aliphatic heterocycles. The van der Waals surface area contributed by atoms with Gasteiger partial charge in [-0.2, -0.15) is 0 Å². The summed E-state index contributed by atoms with van der Waals surface area (Å²) in [4.78, 5) is 31.9. The summed E-state index contributed by atoms with van der Waals surface area (Å²) < 4.78 is 1.69. The number of aromatic nitrogens is 2.